The van der Waals surface area contributed by atoms with Crippen LogP contribution in [0.25, 0.3) is 11.0 Å². The molecule has 0 atom stereocenters. The fraction of sp³-hybridized carbons (Fsp3) is 0.176. The fourth-order valence-corrected chi connectivity index (χ4v) is 2.36. The Morgan fingerprint density at radius 1 is 1.35 bits per heavy atom. The molecule has 6 heteroatoms. The van der Waals surface area contributed by atoms with E-state index in [0.29, 0.717) is 22.5 Å². The Morgan fingerprint density at radius 3 is 2.83 bits per heavy atom. The summed E-state index contributed by atoms with van der Waals surface area (Å²) in [5, 5.41) is 3.28. The highest BCUT2D eigenvalue weighted by Crippen LogP contribution is 2.35. The number of ether oxygens (including phenoxy) is 1. The van der Waals surface area contributed by atoms with Crippen LogP contribution in [0, 0.1) is 0 Å². The highest BCUT2D eigenvalue weighted by atomic mass is 16.5. The molecule has 0 bridgehead atoms. The molecule has 23 heavy (non-hydrogen) atoms. The van der Waals surface area contributed by atoms with E-state index in [1.54, 1.807) is 37.6 Å². The van der Waals surface area contributed by atoms with Crippen LogP contribution >= 0.6 is 0 Å². The zero-order valence-electron chi connectivity index (χ0n) is 12.9. The molecule has 118 valence electrons. The third-order valence-electron chi connectivity index (χ3n) is 3.61. The maximum Gasteiger partial charge on any atom is 0.294 e. The molecule has 0 aliphatic heterocycles. The van der Waals surface area contributed by atoms with Gasteiger partial charge in [-0.25, -0.2) is 4.98 Å². The Bertz CT molecular complexity index is 853. The van der Waals surface area contributed by atoms with Gasteiger partial charge in [-0.3, -0.25) is 4.79 Å². The predicted molar refractivity (Wildman–Crippen MR) is 88.7 cm³/mol. The van der Waals surface area contributed by atoms with Crippen molar-refractivity contribution < 1.29 is 13.9 Å². The Hall–Kier alpha value is -3.02. The number of hydrogen-bond donors (Lipinski definition) is 2. The van der Waals surface area contributed by atoms with E-state index in [2.05, 4.69) is 10.3 Å². The van der Waals surface area contributed by atoms with Gasteiger partial charge in [0.25, 0.3) is 5.91 Å². The summed E-state index contributed by atoms with van der Waals surface area (Å²) in [6.45, 7) is 2.04. The first-order valence-corrected chi connectivity index (χ1v) is 7.25. The van der Waals surface area contributed by atoms with E-state index < -0.39 is 5.91 Å². The summed E-state index contributed by atoms with van der Waals surface area (Å²) < 4.78 is 10.8. The summed E-state index contributed by atoms with van der Waals surface area (Å²) in [5.41, 5.74) is 7.91. The minimum Gasteiger partial charge on any atom is -0.496 e. The number of carbonyl (C=O) groups excluding carboxylic acids is 1. The summed E-state index contributed by atoms with van der Waals surface area (Å²) in [6, 6.07) is 8.93. The van der Waals surface area contributed by atoms with Crippen LogP contribution in [-0.2, 0) is 6.42 Å². The summed E-state index contributed by atoms with van der Waals surface area (Å²) in [7, 11) is 1.54. The number of furan rings is 1. The number of rotatable bonds is 4. The van der Waals surface area contributed by atoms with Gasteiger partial charge in [0.1, 0.15) is 17.2 Å². The van der Waals surface area contributed by atoms with Crippen molar-refractivity contribution in [1.29, 1.82) is 0 Å². The maximum atomic E-state index is 12.4. The molecule has 0 radical (unpaired) electrons. The largest absolute Gasteiger partial charge is 0.496 e. The van der Waals surface area contributed by atoms with Gasteiger partial charge in [-0.05, 0) is 30.2 Å². The van der Waals surface area contributed by atoms with E-state index in [1.807, 2.05) is 13.0 Å². The number of anilines is 2. The minimum atomic E-state index is -0.447. The number of nitrogen functional groups attached to an aromatic ring is 1. The first kappa shape index (κ1) is 14.9. The summed E-state index contributed by atoms with van der Waals surface area (Å²) in [6.07, 6.45) is 2.61. The van der Waals surface area contributed by atoms with Gasteiger partial charge in [-0.1, -0.05) is 19.1 Å². The van der Waals surface area contributed by atoms with E-state index in [-0.39, 0.29) is 11.4 Å². The van der Waals surface area contributed by atoms with Crippen molar-refractivity contribution in [3.63, 3.8) is 0 Å². The lowest BCUT2D eigenvalue weighted by Gasteiger charge is -2.04. The standard InChI is InChI=1S/C17H17N3O3/c1-3-10-7-8-13(19-9-10)20-17(21)16-15(18)14-11(22-2)5-4-6-12(14)23-16/h4-9H,3,18H2,1-2H3,(H,19,20,21). The number of amides is 1. The van der Waals surface area contributed by atoms with Crippen LogP contribution in [0.4, 0.5) is 11.5 Å². The van der Waals surface area contributed by atoms with Crippen LogP contribution in [0.1, 0.15) is 23.0 Å². The SMILES string of the molecule is CCc1ccc(NC(=O)c2oc3cccc(OC)c3c2N)nc1. The third kappa shape index (κ3) is 2.70. The van der Waals surface area contributed by atoms with E-state index in [4.69, 9.17) is 14.9 Å². The van der Waals surface area contributed by atoms with Crippen molar-refractivity contribution in [2.45, 2.75) is 13.3 Å². The molecule has 0 spiro atoms. The molecule has 3 N–H and O–H groups in total. The molecule has 0 fully saturated rings. The monoisotopic (exact) mass is 311 g/mol. The molecule has 0 aliphatic carbocycles. The number of benzene rings is 1. The van der Waals surface area contributed by atoms with Gasteiger partial charge in [0.15, 0.2) is 0 Å². The van der Waals surface area contributed by atoms with Gasteiger partial charge in [-0.15, -0.1) is 0 Å². The average molecular weight is 311 g/mol. The third-order valence-corrected chi connectivity index (χ3v) is 3.61. The van der Waals surface area contributed by atoms with Crippen LogP contribution in [-0.4, -0.2) is 18.0 Å². The lowest BCUT2D eigenvalue weighted by molar-refractivity contribution is 0.0999. The van der Waals surface area contributed by atoms with Gasteiger partial charge >= 0.3 is 0 Å². The summed E-state index contributed by atoms with van der Waals surface area (Å²) in [4.78, 5) is 16.6. The zero-order valence-corrected chi connectivity index (χ0v) is 12.9. The minimum absolute atomic E-state index is 0.0471. The normalized spacial score (nSPS) is 10.7. The quantitative estimate of drug-likeness (QED) is 0.772. The van der Waals surface area contributed by atoms with Crippen LogP contribution < -0.4 is 15.8 Å². The molecule has 0 aliphatic rings. The number of fused-ring (bicyclic) bond motifs is 1. The topological polar surface area (TPSA) is 90.4 Å². The zero-order chi connectivity index (χ0) is 16.4. The van der Waals surface area contributed by atoms with Crippen LogP contribution in [0.3, 0.4) is 0 Å². The molecule has 0 unspecified atom stereocenters. The van der Waals surface area contributed by atoms with Crippen molar-refractivity contribution in [3.8, 4) is 5.75 Å². The van der Waals surface area contributed by atoms with Crippen LogP contribution in [0.5, 0.6) is 5.75 Å². The average Bonchev–Trinajstić information content (AvgIpc) is 2.93. The summed E-state index contributed by atoms with van der Waals surface area (Å²) >= 11 is 0. The highest BCUT2D eigenvalue weighted by molar-refractivity contribution is 6.11. The molecule has 3 aromatic rings. The number of carbonyl (C=O) groups is 1. The van der Waals surface area contributed by atoms with Crippen LogP contribution in [0.2, 0.25) is 0 Å². The van der Waals surface area contributed by atoms with Crippen molar-refractivity contribution in [2.75, 3.05) is 18.2 Å². The number of nitrogens with one attached hydrogen (secondary N) is 1. The molecule has 1 aromatic carbocycles. The lowest BCUT2D eigenvalue weighted by Crippen LogP contribution is -2.13. The Labute approximate surface area is 133 Å². The molecular weight excluding hydrogens is 294 g/mol. The molecular formula is C17H17N3O3. The number of methoxy groups -OCH3 is 1. The van der Waals surface area contributed by atoms with Crippen molar-refractivity contribution in [1.82, 2.24) is 4.98 Å². The van der Waals surface area contributed by atoms with E-state index in [0.717, 1.165) is 12.0 Å². The van der Waals surface area contributed by atoms with Crippen molar-refractivity contribution in [3.05, 3.63) is 47.9 Å². The van der Waals surface area contributed by atoms with Gasteiger partial charge in [0, 0.05) is 6.20 Å². The predicted octanol–water partition coefficient (Wildman–Crippen LogP) is 3.23. The Morgan fingerprint density at radius 2 is 2.17 bits per heavy atom. The Balaban J connectivity index is 1.93. The van der Waals surface area contributed by atoms with E-state index in [1.165, 1.54) is 0 Å². The number of hydrogen-bond acceptors (Lipinski definition) is 5. The highest BCUT2D eigenvalue weighted by Gasteiger charge is 2.21. The molecule has 3 rings (SSSR count). The summed E-state index contributed by atoms with van der Waals surface area (Å²) in [5.74, 6) is 0.607. The van der Waals surface area contributed by atoms with E-state index >= 15 is 0 Å². The lowest BCUT2D eigenvalue weighted by atomic mass is 10.2. The number of aryl methyl sites for hydroxylation is 1. The fourth-order valence-electron chi connectivity index (χ4n) is 2.36. The number of aromatic nitrogens is 1. The maximum absolute atomic E-state index is 12.4. The van der Waals surface area contributed by atoms with Gasteiger partial charge in [0.05, 0.1) is 18.2 Å². The van der Waals surface area contributed by atoms with Gasteiger partial charge in [0.2, 0.25) is 5.76 Å². The van der Waals surface area contributed by atoms with Gasteiger partial charge < -0.3 is 20.2 Å². The van der Waals surface area contributed by atoms with Crippen LogP contribution in [0.15, 0.2) is 40.9 Å². The Kier molecular flexibility index (Phi) is 3.89. The second kappa shape index (κ2) is 6.00. The molecule has 2 heterocycles. The second-order valence-corrected chi connectivity index (χ2v) is 5.04. The van der Waals surface area contributed by atoms with Crippen molar-refractivity contribution >= 4 is 28.4 Å². The molecule has 2 aromatic heterocycles. The van der Waals surface area contributed by atoms with E-state index in [9.17, 15) is 4.79 Å². The second-order valence-electron chi connectivity index (χ2n) is 5.04. The molecule has 0 saturated carbocycles. The first-order chi connectivity index (χ1) is 11.1. The van der Waals surface area contributed by atoms with Crippen molar-refractivity contribution in [2.24, 2.45) is 0 Å². The molecule has 1 amide bonds. The number of nitrogens with two attached hydrogens (primary N) is 1. The molecule has 6 nitrogen and oxygen atoms in total. The number of nitrogens with zero attached hydrogens (tertiary/aromatic N) is 1. The molecule has 0 saturated heterocycles. The smallest absolute Gasteiger partial charge is 0.294 e. The number of pyridine rings is 1. The van der Waals surface area contributed by atoms with Gasteiger partial charge in [-0.2, -0.15) is 0 Å². The first-order valence-electron chi connectivity index (χ1n) is 7.25.